The number of hydrogen-bond acceptors (Lipinski definition) is 2. The zero-order valence-corrected chi connectivity index (χ0v) is 9.68. The van der Waals surface area contributed by atoms with E-state index in [9.17, 15) is 0 Å². The molecule has 2 nitrogen and oxygen atoms in total. The number of nitrogens with one attached hydrogen (secondary N) is 1. The van der Waals surface area contributed by atoms with Gasteiger partial charge in [-0.15, -0.1) is 0 Å². The van der Waals surface area contributed by atoms with Gasteiger partial charge in [-0.25, -0.2) is 0 Å². The van der Waals surface area contributed by atoms with Gasteiger partial charge in [0, 0.05) is 18.6 Å². The van der Waals surface area contributed by atoms with Crippen molar-refractivity contribution in [3.8, 4) is 0 Å². The zero-order valence-electron chi connectivity index (χ0n) is 9.68. The maximum absolute atomic E-state index is 5.60. The highest BCUT2D eigenvalue weighted by Crippen LogP contribution is 2.26. The fraction of sp³-hybridized carbons (Fsp3) is 0.833. The Kier molecular flexibility index (Phi) is 4.63. The van der Waals surface area contributed by atoms with Crippen LogP contribution >= 0.6 is 0 Å². The molecular weight excluding hydrogens is 174 g/mol. The molecule has 0 bridgehead atoms. The highest BCUT2D eigenvalue weighted by molar-refractivity contribution is 5.06. The van der Waals surface area contributed by atoms with Gasteiger partial charge >= 0.3 is 0 Å². The van der Waals surface area contributed by atoms with Gasteiger partial charge in [-0.1, -0.05) is 19.1 Å². The lowest BCUT2D eigenvalue weighted by Gasteiger charge is -2.27. The third kappa shape index (κ3) is 2.82. The predicted octanol–water partition coefficient (Wildman–Crippen LogP) is 2.36. The van der Waals surface area contributed by atoms with Crippen LogP contribution in [0.2, 0.25) is 0 Å². The number of rotatable bonds is 5. The fourth-order valence-corrected chi connectivity index (χ4v) is 2.18. The summed E-state index contributed by atoms with van der Waals surface area (Å²) in [5, 5.41) is 3.56. The smallest absolute Gasteiger partial charge is 0.0594 e. The Morgan fingerprint density at radius 3 is 2.79 bits per heavy atom. The normalized spacial score (nSPS) is 29.1. The summed E-state index contributed by atoms with van der Waals surface area (Å²) in [6, 6.07) is 0.437. The summed E-state index contributed by atoms with van der Waals surface area (Å²) in [4.78, 5) is 0. The third-order valence-corrected chi connectivity index (χ3v) is 3.01. The van der Waals surface area contributed by atoms with Gasteiger partial charge in [0.25, 0.3) is 0 Å². The van der Waals surface area contributed by atoms with E-state index < -0.39 is 0 Å². The van der Waals surface area contributed by atoms with Crippen molar-refractivity contribution >= 4 is 0 Å². The average Bonchev–Trinajstić information content (AvgIpc) is 2.52. The van der Waals surface area contributed by atoms with Crippen LogP contribution in [0.3, 0.4) is 0 Å². The quantitative estimate of drug-likeness (QED) is 0.683. The SMILES string of the molecule is C=C(C)C(NCCC)C1CCOC1C. The average molecular weight is 197 g/mol. The Morgan fingerprint density at radius 1 is 1.64 bits per heavy atom. The van der Waals surface area contributed by atoms with Gasteiger partial charge in [-0.2, -0.15) is 0 Å². The molecule has 3 unspecified atom stereocenters. The van der Waals surface area contributed by atoms with Crippen molar-refractivity contribution in [2.24, 2.45) is 5.92 Å². The van der Waals surface area contributed by atoms with Crippen molar-refractivity contribution in [3.05, 3.63) is 12.2 Å². The Balaban J connectivity index is 2.52. The lowest BCUT2D eigenvalue weighted by molar-refractivity contribution is 0.0989. The van der Waals surface area contributed by atoms with Crippen LogP contribution in [0.25, 0.3) is 0 Å². The molecule has 1 heterocycles. The second kappa shape index (κ2) is 5.52. The zero-order chi connectivity index (χ0) is 10.6. The van der Waals surface area contributed by atoms with Crippen LogP contribution in [-0.2, 0) is 4.74 Å². The lowest BCUT2D eigenvalue weighted by Crippen LogP contribution is -2.40. The van der Waals surface area contributed by atoms with E-state index in [-0.39, 0.29) is 0 Å². The van der Waals surface area contributed by atoms with E-state index in [1.54, 1.807) is 0 Å². The van der Waals surface area contributed by atoms with Crippen LogP contribution in [0.5, 0.6) is 0 Å². The van der Waals surface area contributed by atoms with Crippen molar-refractivity contribution in [2.75, 3.05) is 13.2 Å². The van der Waals surface area contributed by atoms with Crippen LogP contribution in [0.1, 0.15) is 33.6 Å². The molecule has 1 aliphatic rings. The minimum atomic E-state index is 0.376. The van der Waals surface area contributed by atoms with Crippen molar-refractivity contribution in [1.82, 2.24) is 5.32 Å². The maximum Gasteiger partial charge on any atom is 0.0594 e. The number of ether oxygens (including phenoxy) is 1. The molecule has 0 saturated carbocycles. The number of hydrogen-bond donors (Lipinski definition) is 1. The molecule has 0 amide bonds. The molecule has 2 heteroatoms. The minimum absolute atomic E-state index is 0.376. The molecule has 1 aliphatic heterocycles. The molecule has 0 radical (unpaired) electrons. The summed E-state index contributed by atoms with van der Waals surface area (Å²) in [5.41, 5.74) is 1.24. The van der Waals surface area contributed by atoms with Gasteiger partial charge in [0.2, 0.25) is 0 Å². The van der Waals surface area contributed by atoms with E-state index in [2.05, 4.69) is 32.7 Å². The molecule has 0 aromatic carbocycles. The van der Waals surface area contributed by atoms with Crippen molar-refractivity contribution in [2.45, 2.75) is 45.8 Å². The molecular formula is C12H23NO. The van der Waals surface area contributed by atoms with E-state index in [0.717, 1.165) is 19.6 Å². The standard InChI is InChI=1S/C12H23NO/c1-5-7-13-12(9(2)3)11-6-8-14-10(11)4/h10-13H,2,5-8H2,1,3-4H3. The largest absolute Gasteiger partial charge is 0.378 e. The van der Waals surface area contributed by atoms with Crippen LogP contribution in [0.15, 0.2) is 12.2 Å². The first-order valence-electron chi connectivity index (χ1n) is 5.67. The van der Waals surface area contributed by atoms with Crippen LogP contribution in [0.4, 0.5) is 0 Å². The van der Waals surface area contributed by atoms with Gasteiger partial charge in [0.1, 0.15) is 0 Å². The topological polar surface area (TPSA) is 21.3 Å². The summed E-state index contributed by atoms with van der Waals surface area (Å²) < 4.78 is 5.60. The second-order valence-corrected chi connectivity index (χ2v) is 4.31. The fourth-order valence-electron chi connectivity index (χ4n) is 2.18. The van der Waals surface area contributed by atoms with E-state index in [0.29, 0.717) is 18.1 Å². The van der Waals surface area contributed by atoms with E-state index in [4.69, 9.17) is 4.74 Å². The molecule has 1 N–H and O–H groups in total. The van der Waals surface area contributed by atoms with Crippen molar-refractivity contribution in [3.63, 3.8) is 0 Å². The molecule has 1 fully saturated rings. The van der Waals surface area contributed by atoms with Crippen LogP contribution in [-0.4, -0.2) is 25.3 Å². The van der Waals surface area contributed by atoms with Gasteiger partial charge < -0.3 is 10.1 Å². The molecule has 0 aliphatic carbocycles. The Hall–Kier alpha value is -0.340. The van der Waals surface area contributed by atoms with Gasteiger partial charge in [0.15, 0.2) is 0 Å². The first-order chi connectivity index (χ1) is 6.66. The van der Waals surface area contributed by atoms with Crippen LogP contribution < -0.4 is 5.32 Å². The van der Waals surface area contributed by atoms with Gasteiger partial charge in [-0.05, 0) is 33.2 Å². The Morgan fingerprint density at radius 2 is 2.36 bits per heavy atom. The van der Waals surface area contributed by atoms with Crippen LogP contribution in [0, 0.1) is 5.92 Å². The first-order valence-corrected chi connectivity index (χ1v) is 5.67. The Bertz CT molecular complexity index is 191. The summed E-state index contributed by atoms with van der Waals surface area (Å²) in [5.74, 6) is 0.610. The molecule has 14 heavy (non-hydrogen) atoms. The molecule has 0 aromatic heterocycles. The first kappa shape index (κ1) is 11.7. The molecule has 3 atom stereocenters. The second-order valence-electron chi connectivity index (χ2n) is 4.31. The molecule has 1 saturated heterocycles. The van der Waals surface area contributed by atoms with E-state index in [1.807, 2.05) is 0 Å². The molecule has 82 valence electrons. The van der Waals surface area contributed by atoms with Gasteiger partial charge in [-0.3, -0.25) is 0 Å². The molecule has 0 spiro atoms. The predicted molar refractivity (Wildman–Crippen MR) is 60.4 cm³/mol. The monoisotopic (exact) mass is 197 g/mol. The van der Waals surface area contributed by atoms with E-state index >= 15 is 0 Å². The maximum atomic E-state index is 5.60. The highest BCUT2D eigenvalue weighted by atomic mass is 16.5. The summed E-state index contributed by atoms with van der Waals surface area (Å²) in [6.07, 6.45) is 2.71. The molecule has 1 rings (SSSR count). The summed E-state index contributed by atoms with van der Waals surface area (Å²) in [6.45, 7) is 12.5. The summed E-state index contributed by atoms with van der Waals surface area (Å²) >= 11 is 0. The third-order valence-electron chi connectivity index (χ3n) is 3.01. The highest BCUT2D eigenvalue weighted by Gasteiger charge is 2.31. The van der Waals surface area contributed by atoms with E-state index in [1.165, 1.54) is 12.0 Å². The minimum Gasteiger partial charge on any atom is -0.378 e. The van der Waals surface area contributed by atoms with Crippen molar-refractivity contribution in [1.29, 1.82) is 0 Å². The Labute approximate surface area is 87.7 Å². The van der Waals surface area contributed by atoms with Gasteiger partial charge in [0.05, 0.1) is 6.10 Å². The summed E-state index contributed by atoms with van der Waals surface area (Å²) in [7, 11) is 0. The van der Waals surface area contributed by atoms with Crippen molar-refractivity contribution < 1.29 is 4.74 Å². The lowest BCUT2D eigenvalue weighted by atomic mass is 9.89. The molecule has 0 aromatic rings.